The third-order valence-electron chi connectivity index (χ3n) is 7.53. The monoisotopic (exact) mass is 577 g/mol. The molecule has 2 unspecified atom stereocenters. The van der Waals surface area contributed by atoms with Gasteiger partial charge >= 0.3 is 6.09 Å². The van der Waals surface area contributed by atoms with E-state index in [0.717, 1.165) is 5.56 Å². The Morgan fingerprint density at radius 3 is 2.55 bits per heavy atom. The Hall–Kier alpha value is -2.51. The number of hydrogen-bond donors (Lipinski definition) is 0. The lowest BCUT2D eigenvalue weighted by Gasteiger charge is -2.30. The summed E-state index contributed by atoms with van der Waals surface area (Å²) in [6, 6.07) is 10.0. The lowest BCUT2D eigenvalue weighted by molar-refractivity contribution is 0.122. The van der Waals surface area contributed by atoms with Gasteiger partial charge in [-0.2, -0.15) is 4.31 Å². The number of benzene rings is 1. The van der Waals surface area contributed by atoms with Crippen molar-refractivity contribution in [3.63, 3.8) is 0 Å². The number of amides is 1. The maximum Gasteiger partial charge on any atom is 0.420 e. The van der Waals surface area contributed by atoms with Gasteiger partial charge in [0.2, 0.25) is 0 Å². The van der Waals surface area contributed by atoms with Crippen molar-refractivity contribution in [2.45, 2.75) is 11.1 Å². The topological polar surface area (TPSA) is 79.4 Å². The lowest BCUT2D eigenvalue weighted by Crippen LogP contribution is -2.38. The Balaban J connectivity index is 1.18. The van der Waals surface area contributed by atoms with E-state index >= 15 is 4.39 Å². The van der Waals surface area contributed by atoms with Crippen molar-refractivity contribution in [2.24, 2.45) is 17.8 Å². The van der Waals surface area contributed by atoms with Gasteiger partial charge in [0.25, 0.3) is 10.0 Å². The smallest absolute Gasteiger partial charge is 0.399 e. The second-order valence-electron chi connectivity index (χ2n) is 9.90. The molecule has 3 aliphatic rings. The minimum atomic E-state index is -3.51. The van der Waals surface area contributed by atoms with Crippen LogP contribution in [0.1, 0.15) is 5.56 Å². The van der Waals surface area contributed by atoms with Gasteiger partial charge in [-0.15, -0.1) is 22.7 Å². The lowest BCUT2D eigenvalue weighted by atomic mass is 10.2. The molecule has 0 spiro atoms. The first-order valence-corrected chi connectivity index (χ1v) is 15.7. The molecule has 0 bridgehead atoms. The molecule has 3 aromatic rings. The predicted molar refractivity (Wildman–Crippen MR) is 145 cm³/mol. The molecule has 2 atom stereocenters. The van der Waals surface area contributed by atoms with Crippen LogP contribution in [0.25, 0.3) is 0 Å². The fourth-order valence-corrected chi connectivity index (χ4v) is 8.89. The Bertz CT molecular complexity index is 1410. The van der Waals surface area contributed by atoms with E-state index in [1.807, 2.05) is 22.6 Å². The SMILES string of the molecule is Cc1csc(S(=O)(=O)N2CC3C(CN(C(=O)Oc4cccs4)c4ccc(N5CCOCC5)c(F)c4)C3C2)c1. The Labute approximate surface area is 229 Å². The molecule has 1 aliphatic carbocycles. The molecule has 0 N–H and O–H groups in total. The number of rotatable bonds is 7. The maximum absolute atomic E-state index is 15.2. The number of ether oxygens (including phenoxy) is 2. The van der Waals surface area contributed by atoms with Crippen molar-refractivity contribution in [2.75, 3.05) is 55.7 Å². The first-order chi connectivity index (χ1) is 18.3. The summed E-state index contributed by atoms with van der Waals surface area (Å²) in [6.45, 7) is 5.37. The fraction of sp³-hybridized carbons (Fsp3) is 0.423. The number of sulfonamides is 1. The van der Waals surface area contributed by atoms with Crippen molar-refractivity contribution in [1.82, 2.24) is 4.31 Å². The number of fused-ring (bicyclic) bond motifs is 1. The zero-order valence-electron chi connectivity index (χ0n) is 20.8. The van der Waals surface area contributed by atoms with E-state index in [2.05, 4.69) is 0 Å². The van der Waals surface area contributed by atoms with Crippen LogP contribution in [0.4, 0.5) is 20.6 Å². The molecule has 12 heteroatoms. The average Bonchev–Trinajstić information content (AvgIpc) is 3.42. The Morgan fingerprint density at radius 2 is 1.92 bits per heavy atom. The van der Waals surface area contributed by atoms with E-state index in [9.17, 15) is 13.2 Å². The second kappa shape index (κ2) is 10.2. The van der Waals surface area contributed by atoms with Gasteiger partial charge in [-0.25, -0.2) is 17.6 Å². The van der Waals surface area contributed by atoms with E-state index in [1.54, 1.807) is 34.6 Å². The molecule has 38 heavy (non-hydrogen) atoms. The largest absolute Gasteiger partial charge is 0.420 e. The van der Waals surface area contributed by atoms with E-state index in [-0.39, 0.29) is 17.8 Å². The number of carbonyl (C=O) groups is 1. The molecule has 4 heterocycles. The summed E-state index contributed by atoms with van der Waals surface area (Å²) in [5.74, 6) is 0.0166. The summed E-state index contributed by atoms with van der Waals surface area (Å²) in [5, 5.41) is 4.12. The molecule has 1 saturated carbocycles. The molecule has 6 rings (SSSR count). The number of carbonyl (C=O) groups excluding carboxylic acids is 1. The van der Waals surface area contributed by atoms with Crippen molar-refractivity contribution in [1.29, 1.82) is 0 Å². The van der Waals surface area contributed by atoms with Crippen molar-refractivity contribution < 1.29 is 27.1 Å². The molecular formula is C26H28FN3O5S3. The molecular weight excluding hydrogens is 550 g/mol. The molecule has 1 aromatic carbocycles. The first kappa shape index (κ1) is 25.8. The number of thiophene rings is 2. The standard InChI is InChI=1S/C26H28FN3O5S3/c1-17-11-25(37-16-17)38(32,33)29-13-19-20(14-29)21(19)15-30(26(31)35-24-3-2-10-36-24)18-4-5-23(22(27)12-18)28-6-8-34-9-7-28/h2-5,10-12,16,19-21H,6-9,13-15H2,1H3. The minimum absolute atomic E-state index is 0.115. The van der Waals surface area contributed by atoms with Crippen LogP contribution in [-0.4, -0.2) is 64.8 Å². The molecule has 202 valence electrons. The van der Waals surface area contributed by atoms with Crippen molar-refractivity contribution >= 4 is 50.2 Å². The average molecular weight is 578 g/mol. The van der Waals surface area contributed by atoms with Crippen LogP contribution in [0.15, 0.2) is 51.4 Å². The minimum Gasteiger partial charge on any atom is -0.399 e. The van der Waals surface area contributed by atoms with Gasteiger partial charge in [0.15, 0.2) is 5.06 Å². The Kier molecular flexibility index (Phi) is 6.93. The van der Waals surface area contributed by atoms with Crippen LogP contribution in [-0.2, 0) is 14.8 Å². The highest BCUT2D eigenvalue weighted by molar-refractivity contribution is 7.91. The van der Waals surface area contributed by atoms with Gasteiger partial charge in [0.05, 0.1) is 24.6 Å². The third-order valence-corrected chi connectivity index (χ3v) is 11.6. The molecule has 2 saturated heterocycles. The first-order valence-electron chi connectivity index (χ1n) is 12.5. The fourth-order valence-electron chi connectivity index (χ4n) is 5.43. The third kappa shape index (κ3) is 4.95. The quantitative estimate of drug-likeness (QED) is 0.406. The van der Waals surface area contributed by atoms with Gasteiger partial charge in [0, 0.05) is 32.7 Å². The highest BCUT2D eigenvalue weighted by atomic mass is 32.2. The number of hydrogen-bond acceptors (Lipinski definition) is 8. The molecule has 8 nitrogen and oxygen atoms in total. The van der Waals surface area contributed by atoms with Crippen LogP contribution in [0.5, 0.6) is 5.06 Å². The van der Waals surface area contributed by atoms with Gasteiger partial charge in [0.1, 0.15) is 10.0 Å². The highest BCUT2D eigenvalue weighted by Crippen LogP contribution is 2.53. The van der Waals surface area contributed by atoms with E-state index in [1.165, 1.54) is 33.6 Å². The summed E-state index contributed by atoms with van der Waals surface area (Å²) in [6.07, 6.45) is -0.575. The molecule has 0 radical (unpaired) electrons. The maximum atomic E-state index is 15.2. The van der Waals surface area contributed by atoms with E-state index in [0.29, 0.717) is 66.6 Å². The van der Waals surface area contributed by atoms with Crippen molar-refractivity contribution in [3.05, 3.63) is 58.5 Å². The summed E-state index contributed by atoms with van der Waals surface area (Å²) in [4.78, 5) is 16.7. The number of halogens is 1. The number of morpholine rings is 1. The van der Waals surface area contributed by atoms with Gasteiger partial charge < -0.3 is 14.4 Å². The number of aryl methyl sites for hydroxylation is 1. The van der Waals surface area contributed by atoms with Crippen molar-refractivity contribution in [3.8, 4) is 5.06 Å². The second-order valence-corrected chi connectivity index (χ2v) is 13.9. The highest BCUT2D eigenvalue weighted by Gasteiger charge is 2.58. The van der Waals surface area contributed by atoms with Gasteiger partial charge in [-0.3, -0.25) is 4.90 Å². The van der Waals surface area contributed by atoms with Gasteiger partial charge in [-0.05, 0) is 77.4 Å². The van der Waals surface area contributed by atoms with Crippen LogP contribution >= 0.6 is 22.7 Å². The zero-order valence-corrected chi connectivity index (χ0v) is 23.2. The Morgan fingerprint density at radius 1 is 1.16 bits per heavy atom. The number of anilines is 2. The summed E-state index contributed by atoms with van der Waals surface area (Å²) in [7, 11) is -3.51. The summed E-state index contributed by atoms with van der Waals surface area (Å²) < 4.78 is 54.2. The molecule has 2 aliphatic heterocycles. The van der Waals surface area contributed by atoms with Gasteiger partial charge in [-0.1, -0.05) is 0 Å². The molecule has 3 fully saturated rings. The van der Waals surface area contributed by atoms with Crippen LogP contribution in [0, 0.1) is 30.5 Å². The van der Waals surface area contributed by atoms with Crippen LogP contribution < -0.4 is 14.5 Å². The predicted octanol–water partition coefficient (Wildman–Crippen LogP) is 4.67. The number of nitrogens with zero attached hydrogens (tertiary/aromatic N) is 3. The van der Waals surface area contributed by atoms with E-state index < -0.39 is 21.9 Å². The normalized spacial score (nSPS) is 23.3. The summed E-state index contributed by atoms with van der Waals surface area (Å²) >= 11 is 2.55. The zero-order chi connectivity index (χ0) is 26.4. The van der Waals surface area contributed by atoms with E-state index in [4.69, 9.17) is 9.47 Å². The molecule has 2 aromatic heterocycles. The summed E-state index contributed by atoms with van der Waals surface area (Å²) in [5.41, 5.74) is 1.84. The van der Waals surface area contributed by atoms with Crippen LogP contribution in [0.3, 0.4) is 0 Å². The molecule has 1 amide bonds. The van der Waals surface area contributed by atoms with Crippen LogP contribution in [0.2, 0.25) is 0 Å². The number of piperidine rings is 1.